The van der Waals surface area contributed by atoms with Crippen molar-refractivity contribution in [2.45, 2.75) is 13.2 Å². The van der Waals surface area contributed by atoms with Crippen LogP contribution in [0.3, 0.4) is 0 Å². The van der Waals surface area contributed by atoms with E-state index in [1.807, 2.05) is 18.2 Å². The number of carboxylic acids is 1. The number of carboxylic acid groups (broad SMARTS) is 1. The Hall–Kier alpha value is -2.07. The first-order valence-corrected chi connectivity index (χ1v) is 5.76. The molecule has 4 heteroatoms. The zero-order chi connectivity index (χ0) is 12.7. The molecule has 1 N–H and O–H groups in total. The number of nitrogens with zero attached hydrogens (tertiary/aromatic N) is 1. The molecule has 3 rings (SSSR count). The summed E-state index contributed by atoms with van der Waals surface area (Å²) < 4.78 is 7.07. The van der Waals surface area contributed by atoms with Crippen molar-refractivity contribution >= 4 is 5.97 Å². The standard InChI is InChI=1S/C14H13NO3/c1-15-12(4-5-13(15)14(16)17)9-2-3-10-7-18-8-11(10)6-9/h2-6H,7-8H2,1H3,(H,16,17). The van der Waals surface area contributed by atoms with Gasteiger partial charge in [0.05, 0.1) is 13.2 Å². The Bertz CT molecular complexity index is 628. The highest BCUT2D eigenvalue weighted by molar-refractivity contribution is 5.87. The molecule has 2 aromatic rings. The van der Waals surface area contributed by atoms with Crippen LogP contribution in [0.5, 0.6) is 0 Å². The molecule has 0 unspecified atom stereocenters. The van der Waals surface area contributed by atoms with E-state index in [0.29, 0.717) is 18.9 Å². The number of aromatic nitrogens is 1. The molecule has 0 bridgehead atoms. The van der Waals surface area contributed by atoms with E-state index < -0.39 is 5.97 Å². The molecule has 1 aliphatic heterocycles. The van der Waals surface area contributed by atoms with E-state index in [1.165, 1.54) is 11.1 Å². The van der Waals surface area contributed by atoms with E-state index >= 15 is 0 Å². The van der Waals surface area contributed by atoms with Crippen molar-refractivity contribution in [3.63, 3.8) is 0 Å². The highest BCUT2D eigenvalue weighted by Crippen LogP contribution is 2.27. The largest absolute Gasteiger partial charge is 0.477 e. The molecule has 0 saturated carbocycles. The third kappa shape index (κ3) is 1.62. The molecule has 0 saturated heterocycles. The molecule has 0 atom stereocenters. The highest BCUT2D eigenvalue weighted by Gasteiger charge is 2.15. The molecule has 1 aliphatic rings. The van der Waals surface area contributed by atoms with Crippen molar-refractivity contribution in [2.24, 2.45) is 7.05 Å². The van der Waals surface area contributed by atoms with Crippen LogP contribution in [-0.4, -0.2) is 15.6 Å². The van der Waals surface area contributed by atoms with Gasteiger partial charge in [-0.05, 0) is 34.9 Å². The Balaban J connectivity index is 2.07. The third-order valence-electron chi connectivity index (χ3n) is 3.36. The van der Waals surface area contributed by atoms with Gasteiger partial charge >= 0.3 is 5.97 Å². The van der Waals surface area contributed by atoms with Crippen LogP contribution < -0.4 is 0 Å². The van der Waals surface area contributed by atoms with Crippen molar-refractivity contribution in [1.29, 1.82) is 0 Å². The summed E-state index contributed by atoms with van der Waals surface area (Å²) in [5.41, 5.74) is 4.62. The fraction of sp³-hybridized carbons (Fsp3) is 0.214. The molecule has 1 aromatic carbocycles. The van der Waals surface area contributed by atoms with Gasteiger partial charge in [0.2, 0.25) is 0 Å². The van der Waals surface area contributed by atoms with Crippen LogP contribution in [0.2, 0.25) is 0 Å². The molecule has 0 fully saturated rings. The van der Waals surface area contributed by atoms with Gasteiger partial charge in [0, 0.05) is 12.7 Å². The van der Waals surface area contributed by atoms with E-state index in [-0.39, 0.29) is 0 Å². The first kappa shape index (κ1) is 11.0. The molecule has 92 valence electrons. The fourth-order valence-electron chi connectivity index (χ4n) is 2.35. The lowest BCUT2D eigenvalue weighted by Crippen LogP contribution is -2.05. The summed E-state index contributed by atoms with van der Waals surface area (Å²) >= 11 is 0. The number of rotatable bonds is 2. The van der Waals surface area contributed by atoms with E-state index in [4.69, 9.17) is 9.84 Å². The average molecular weight is 243 g/mol. The third-order valence-corrected chi connectivity index (χ3v) is 3.36. The van der Waals surface area contributed by atoms with Crippen molar-refractivity contribution in [2.75, 3.05) is 0 Å². The molecular weight excluding hydrogens is 230 g/mol. The van der Waals surface area contributed by atoms with Crippen molar-refractivity contribution in [1.82, 2.24) is 4.57 Å². The van der Waals surface area contributed by atoms with Crippen LogP contribution in [-0.2, 0) is 25.0 Å². The fourth-order valence-corrected chi connectivity index (χ4v) is 2.35. The van der Waals surface area contributed by atoms with Crippen LogP contribution in [0.15, 0.2) is 30.3 Å². The van der Waals surface area contributed by atoms with Crippen molar-refractivity contribution < 1.29 is 14.6 Å². The first-order valence-electron chi connectivity index (χ1n) is 5.76. The Morgan fingerprint density at radius 2 is 2.00 bits per heavy atom. The summed E-state index contributed by atoms with van der Waals surface area (Å²) in [7, 11) is 1.77. The van der Waals surface area contributed by atoms with Gasteiger partial charge in [-0.2, -0.15) is 0 Å². The minimum atomic E-state index is -0.909. The van der Waals surface area contributed by atoms with Crippen molar-refractivity contribution in [3.8, 4) is 11.3 Å². The number of hydrogen-bond acceptors (Lipinski definition) is 2. The number of benzene rings is 1. The Morgan fingerprint density at radius 1 is 1.22 bits per heavy atom. The lowest BCUT2D eigenvalue weighted by atomic mass is 10.0. The predicted molar refractivity (Wildman–Crippen MR) is 66.3 cm³/mol. The van der Waals surface area contributed by atoms with Crippen LogP contribution in [0.25, 0.3) is 11.3 Å². The summed E-state index contributed by atoms with van der Waals surface area (Å²) in [6, 6.07) is 9.59. The maximum absolute atomic E-state index is 11.0. The number of hydrogen-bond donors (Lipinski definition) is 1. The summed E-state index contributed by atoms with van der Waals surface area (Å²) in [6.45, 7) is 1.31. The predicted octanol–water partition coefficient (Wildman–Crippen LogP) is 2.42. The Kier molecular flexibility index (Phi) is 2.45. The second-order valence-corrected chi connectivity index (χ2v) is 4.44. The molecule has 0 amide bonds. The van der Waals surface area contributed by atoms with Crippen LogP contribution in [0.1, 0.15) is 21.6 Å². The molecule has 0 spiro atoms. The second kappa shape index (κ2) is 3.99. The number of aromatic carboxylic acids is 1. The topological polar surface area (TPSA) is 51.5 Å². The smallest absolute Gasteiger partial charge is 0.352 e. The highest BCUT2D eigenvalue weighted by atomic mass is 16.5. The molecule has 1 aromatic heterocycles. The number of ether oxygens (including phenoxy) is 1. The second-order valence-electron chi connectivity index (χ2n) is 4.44. The molecule has 0 aliphatic carbocycles. The zero-order valence-corrected chi connectivity index (χ0v) is 10.0. The van der Waals surface area contributed by atoms with Gasteiger partial charge in [-0.3, -0.25) is 0 Å². The minimum Gasteiger partial charge on any atom is -0.477 e. The maximum Gasteiger partial charge on any atom is 0.352 e. The summed E-state index contributed by atoms with van der Waals surface area (Å²) in [5.74, 6) is -0.909. The van der Waals surface area contributed by atoms with Gasteiger partial charge in [0.15, 0.2) is 0 Å². The Labute approximate surface area is 104 Å². The van der Waals surface area contributed by atoms with E-state index in [1.54, 1.807) is 17.7 Å². The summed E-state index contributed by atoms with van der Waals surface area (Å²) in [5, 5.41) is 9.04. The molecule has 4 nitrogen and oxygen atoms in total. The van der Waals surface area contributed by atoms with Crippen LogP contribution in [0, 0.1) is 0 Å². The molecule has 0 radical (unpaired) electrons. The SMILES string of the molecule is Cn1c(C(=O)O)ccc1-c1ccc2c(c1)COC2. The average Bonchev–Trinajstić information content (AvgIpc) is 2.93. The van der Waals surface area contributed by atoms with Gasteiger partial charge < -0.3 is 14.4 Å². The molecule has 2 heterocycles. The lowest BCUT2D eigenvalue weighted by Gasteiger charge is -2.07. The normalized spacial score (nSPS) is 13.6. The van der Waals surface area contributed by atoms with Crippen molar-refractivity contribution in [3.05, 3.63) is 47.2 Å². The Morgan fingerprint density at radius 3 is 2.72 bits per heavy atom. The van der Waals surface area contributed by atoms with E-state index in [2.05, 4.69) is 6.07 Å². The van der Waals surface area contributed by atoms with Gasteiger partial charge in [0.1, 0.15) is 5.69 Å². The van der Waals surface area contributed by atoms with E-state index in [0.717, 1.165) is 11.3 Å². The number of carbonyl (C=O) groups is 1. The quantitative estimate of drug-likeness (QED) is 0.881. The van der Waals surface area contributed by atoms with Gasteiger partial charge in [-0.15, -0.1) is 0 Å². The molecular formula is C14H13NO3. The summed E-state index contributed by atoms with van der Waals surface area (Å²) in [6.07, 6.45) is 0. The van der Waals surface area contributed by atoms with Gasteiger partial charge in [0.25, 0.3) is 0 Å². The zero-order valence-electron chi connectivity index (χ0n) is 10.0. The van der Waals surface area contributed by atoms with Gasteiger partial charge in [-0.25, -0.2) is 4.79 Å². The van der Waals surface area contributed by atoms with E-state index in [9.17, 15) is 4.79 Å². The van der Waals surface area contributed by atoms with Crippen LogP contribution >= 0.6 is 0 Å². The molecule has 18 heavy (non-hydrogen) atoms. The summed E-state index contributed by atoms with van der Waals surface area (Å²) in [4.78, 5) is 11.0. The number of fused-ring (bicyclic) bond motifs is 1. The first-order chi connectivity index (χ1) is 8.66. The van der Waals surface area contributed by atoms with Gasteiger partial charge in [-0.1, -0.05) is 12.1 Å². The monoisotopic (exact) mass is 243 g/mol. The lowest BCUT2D eigenvalue weighted by molar-refractivity contribution is 0.0687. The minimum absolute atomic E-state index is 0.293. The van der Waals surface area contributed by atoms with Crippen LogP contribution in [0.4, 0.5) is 0 Å². The maximum atomic E-state index is 11.0.